The first-order chi connectivity index (χ1) is 12.6. The third kappa shape index (κ3) is 3.33. The molecule has 144 valence electrons. The minimum absolute atomic E-state index is 0.117. The first kappa shape index (κ1) is 17.5. The number of rotatable bonds is 5. The second kappa shape index (κ2) is 6.78. The second-order valence-corrected chi connectivity index (χ2v) is 9.61. The Kier molecular flexibility index (Phi) is 4.56. The molecule has 0 bridgehead atoms. The Labute approximate surface area is 160 Å². The Morgan fingerprint density at radius 1 is 1.27 bits per heavy atom. The molecule has 0 radical (unpaired) electrons. The van der Waals surface area contributed by atoms with E-state index in [9.17, 15) is 0 Å². The molecule has 4 aliphatic rings. The van der Waals surface area contributed by atoms with Crippen LogP contribution in [0.2, 0.25) is 0 Å². The van der Waals surface area contributed by atoms with E-state index in [1.54, 1.807) is 0 Å². The zero-order valence-electron chi connectivity index (χ0n) is 15.9. The van der Waals surface area contributed by atoms with Gasteiger partial charge in [0.1, 0.15) is 5.03 Å². The normalized spacial score (nSPS) is 30.2. The van der Waals surface area contributed by atoms with Crippen LogP contribution in [0.4, 0.5) is 0 Å². The van der Waals surface area contributed by atoms with Crippen molar-refractivity contribution in [1.82, 2.24) is 19.0 Å². The average molecular weight is 379 g/mol. The fourth-order valence-corrected chi connectivity index (χ4v) is 5.53. The fraction of sp³-hybridized carbons (Fsp3) is 0.842. The molecule has 1 spiro atoms. The summed E-state index contributed by atoms with van der Waals surface area (Å²) in [7, 11) is 3.89. The van der Waals surface area contributed by atoms with Gasteiger partial charge in [-0.25, -0.2) is 4.31 Å². The molecule has 0 amide bonds. The third-order valence-corrected chi connectivity index (χ3v) is 7.82. The van der Waals surface area contributed by atoms with Crippen LogP contribution in [-0.2, 0) is 16.5 Å². The van der Waals surface area contributed by atoms with Gasteiger partial charge in [0, 0.05) is 52.3 Å². The second-order valence-electron chi connectivity index (χ2n) is 8.49. The van der Waals surface area contributed by atoms with Gasteiger partial charge < -0.3 is 9.47 Å². The molecule has 3 aliphatic heterocycles. The monoisotopic (exact) mass is 378 g/mol. The topological polar surface area (TPSA) is 42.8 Å². The molecule has 5 rings (SSSR count). The number of aromatic nitrogens is 2. The lowest BCUT2D eigenvalue weighted by molar-refractivity contribution is -0.0535. The predicted molar refractivity (Wildman–Crippen MR) is 101 cm³/mol. The summed E-state index contributed by atoms with van der Waals surface area (Å²) in [5.74, 6) is 0.725. The third-order valence-electron chi connectivity index (χ3n) is 6.62. The van der Waals surface area contributed by atoms with Gasteiger partial charge in [-0.1, -0.05) is 0 Å². The molecule has 1 aromatic rings. The highest BCUT2D eigenvalue weighted by Crippen LogP contribution is 2.43. The van der Waals surface area contributed by atoms with Gasteiger partial charge in [0.05, 0.1) is 24.0 Å². The van der Waals surface area contributed by atoms with E-state index in [-0.39, 0.29) is 5.60 Å². The lowest BCUT2D eigenvalue weighted by Crippen LogP contribution is -2.56. The van der Waals surface area contributed by atoms with Crippen LogP contribution in [0, 0.1) is 0 Å². The Hall–Kier alpha value is -0.600. The molecule has 7 heteroatoms. The van der Waals surface area contributed by atoms with Crippen molar-refractivity contribution in [2.24, 2.45) is 7.05 Å². The minimum atomic E-state index is 0.117. The van der Waals surface area contributed by atoms with E-state index in [1.807, 2.05) is 19.1 Å². The van der Waals surface area contributed by atoms with Gasteiger partial charge in [-0.3, -0.25) is 9.58 Å². The zero-order valence-corrected chi connectivity index (χ0v) is 16.7. The number of hydrogen-bond acceptors (Lipinski definition) is 6. The van der Waals surface area contributed by atoms with E-state index in [1.165, 1.54) is 30.0 Å². The van der Waals surface area contributed by atoms with Crippen LogP contribution in [0.15, 0.2) is 11.1 Å². The first-order valence-electron chi connectivity index (χ1n) is 10.0. The highest BCUT2D eigenvalue weighted by atomic mass is 32.2. The standard InChI is InChI=1S/C19H30N4O2S/c1-21-18(9-17(20-21)14-3-4-14)26-23-7-5-19(6-8-23)10-15(13-25-19)22-11-16(12-22)24-2/h9,14-16H,3-8,10-13H2,1-2H3. The van der Waals surface area contributed by atoms with Crippen molar-refractivity contribution < 1.29 is 9.47 Å². The Morgan fingerprint density at radius 3 is 2.73 bits per heavy atom. The first-order valence-corrected chi connectivity index (χ1v) is 10.8. The summed E-state index contributed by atoms with van der Waals surface area (Å²) in [4.78, 5) is 2.54. The number of methoxy groups -OCH3 is 1. The number of nitrogens with zero attached hydrogens (tertiary/aromatic N) is 4. The van der Waals surface area contributed by atoms with Gasteiger partial charge >= 0.3 is 0 Å². The van der Waals surface area contributed by atoms with Gasteiger partial charge in [-0.2, -0.15) is 5.10 Å². The lowest BCUT2D eigenvalue weighted by atomic mass is 9.87. The molecule has 1 aliphatic carbocycles. The quantitative estimate of drug-likeness (QED) is 0.732. The number of piperidine rings is 1. The number of hydrogen-bond donors (Lipinski definition) is 0. The van der Waals surface area contributed by atoms with Crippen LogP contribution in [0.1, 0.15) is 43.7 Å². The lowest BCUT2D eigenvalue weighted by Gasteiger charge is -2.42. The van der Waals surface area contributed by atoms with Crippen molar-refractivity contribution in [3.05, 3.63) is 11.8 Å². The van der Waals surface area contributed by atoms with Crippen molar-refractivity contribution in [3.63, 3.8) is 0 Å². The van der Waals surface area contributed by atoms with E-state index >= 15 is 0 Å². The van der Waals surface area contributed by atoms with E-state index < -0.39 is 0 Å². The van der Waals surface area contributed by atoms with Gasteiger partial charge in [0.15, 0.2) is 0 Å². The maximum Gasteiger partial charge on any atom is 0.109 e. The number of aryl methyl sites for hydroxylation is 1. The Balaban J connectivity index is 1.13. The summed E-state index contributed by atoms with van der Waals surface area (Å²) in [6.07, 6.45) is 6.54. The molecule has 26 heavy (non-hydrogen) atoms. The summed E-state index contributed by atoms with van der Waals surface area (Å²) >= 11 is 1.88. The van der Waals surface area contributed by atoms with Crippen LogP contribution >= 0.6 is 11.9 Å². The largest absolute Gasteiger partial charge is 0.379 e. The molecule has 4 fully saturated rings. The van der Waals surface area contributed by atoms with Gasteiger partial charge in [-0.05, 0) is 50.1 Å². The highest BCUT2D eigenvalue weighted by Gasteiger charge is 2.46. The SMILES string of the molecule is COC1CN(C2COC3(CCN(Sc4cc(C5CC5)nn4C)CC3)C2)C1. The summed E-state index contributed by atoms with van der Waals surface area (Å²) in [6, 6.07) is 2.89. The van der Waals surface area contributed by atoms with Gasteiger partial charge in [0.25, 0.3) is 0 Å². The molecular weight excluding hydrogens is 348 g/mol. The van der Waals surface area contributed by atoms with E-state index in [4.69, 9.17) is 14.6 Å². The van der Waals surface area contributed by atoms with Crippen LogP contribution in [0.25, 0.3) is 0 Å². The van der Waals surface area contributed by atoms with Crippen molar-refractivity contribution in [2.45, 2.75) is 60.8 Å². The van der Waals surface area contributed by atoms with Crippen molar-refractivity contribution in [2.75, 3.05) is 39.9 Å². The van der Waals surface area contributed by atoms with Crippen LogP contribution in [0.3, 0.4) is 0 Å². The van der Waals surface area contributed by atoms with Gasteiger partial charge in [-0.15, -0.1) is 0 Å². The highest BCUT2D eigenvalue weighted by molar-refractivity contribution is 7.97. The van der Waals surface area contributed by atoms with Crippen LogP contribution in [0.5, 0.6) is 0 Å². The maximum atomic E-state index is 6.35. The molecule has 1 aromatic heterocycles. The molecule has 3 saturated heterocycles. The fourth-order valence-electron chi connectivity index (χ4n) is 4.57. The molecule has 1 saturated carbocycles. The van der Waals surface area contributed by atoms with Crippen LogP contribution in [-0.4, -0.2) is 76.6 Å². The Morgan fingerprint density at radius 2 is 2.04 bits per heavy atom. The maximum absolute atomic E-state index is 6.35. The average Bonchev–Trinajstić information content (AvgIpc) is 3.29. The molecule has 4 heterocycles. The van der Waals surface area contributed by atoms with Crippen molar-refractivity contribution in [1.29, 1.82) is 0 Å². The summed E-state index contributed by atoms with van der Waals surface area (Å²) in [5.41, 5.74) is 1.40. The summed E-state index contributed by atoms with van der Waals surface area (Å²) in [6.45, 7) is 5.25. The molecule has 0 N–H and O–H groups in total. The molecule has 1 unspecified atom stereocenters. The zero-order chi connectivity index (χ0) is 17.7. The molecule has 0 aromatic carbocycles. The van der Waals surface area contributed by atoms with Crippen molar-refractivity contribution >= 4 is 11.9 Å². The van der Waals surface area contributed by atoms with E-state index in [0.717, 1.165) is 51.5 Å². The molecule has 1 atom stereocenters. The Bertz CT molecular complexity index is 648. The van der Waals surface area contributed by atoms with E-state index in [0.29, 0.717) is 12.1 Å². The molecular formula is C19H30N4O2S. The van der Waals surface area contributed by atoms with Gasteiger partial charge in [0.2, 0.25) is 0 Å². The van der Waals surface area contributed by atoms with E-state index in [2.05, 4.69) is 27.0 Å². The smallest absolute Gasteiger partial charge is 0.109 e. The van der Waals surface area contributed by atoms with Crippen molar-refractivity contribution in [3.8, 4) is 0 Å². The minimum Gasteiger partial charge on any atom is -0.379 e. The number of likely N-dealkylation sites (tertiary alicyclic amines) is 1. The molecule has 6 nitrogen and oxygen atoms in total. The summed E-state index contributed by atoms with van der Waals surface area (Å²) < 4.78 is 16.3. The number of ether oxygens (including phenoxy) is 2. The summed E-state index contributed by atoms with van der Waals surface area (Å²) in [5, 5.41) is 5.97. The predicted octanol–water partition coefficient (Wildman–Crippen LogP) is 2.26. The van der Waals surface area contributed by atoms with Crippen LogP contribution < -0.4 is 0 Å².